The van der Waals surface area contributed by atoms with Crippen LogP contribution in [-0.4, -0.2) is 12.2 Å². The first kappa shape index (κ1) is 13.1. The Kier molecular flexibility index (Phi) is 4.39. The SMILES string of the molecule is C=CCCC(C)(O)c1cc(Cl)ccc1OC. The summed E-state index contributed by atoms with van der Waals surface area (Å²) >= 11 is 5.93. The summed E-state index contributed by atoms with van der Waals surface area (Å²) in [6, 6.07) is 5.25. The van der Waals surface area contributed by atoms with Gasteiger partial charge in [-0.25, -0.2) is 0 Å². The lowest BCUT2D eigenvalue weighted by Gasteiger charge is -2.25. The highest BCUT2D eigenvalue weighted by atomic mass is 35.5. The van der Waals surface area contributed by atoms with Gasteiger partial charge in [-0.2, -0.15) is 0 Å². The molecule has 1 aromatic rings. The molecule has 0 amide bonds. The lowest BCUT2D eigenvalue weighted by atomic mass is 9.90. The molecule has 0 aliphatic heterocycles. The predicted octanol–water partition coefficient (Wildman–Crippen LogP) is 3.52. The van der Waals surface area contributed by atoms with E-state index >= 15 is 0 Å². The van der Waals surface area contributed by atoms with Gasteiger partial charge in [-0.15, -0.1) is 6.58 Å². The maximum absolute atomic E-state index is 10.4. The predicted molar refractivity (Wildman–Crippen MR) is 67.0 cm³/mol. The summed E-state index contributed by atoms with van der Waals surface area (Å²) in [5, 5.41) is 11.0. The van der Waals surface area contributed by atoms with Gasteiger partial charge < -0.3 is 9.84 Å². The van der Waals surface area contributed by atoms with Crippen molar-refractivity contribution in [2.45, 2.75) is 25.4 Å². The average Bonchev–Trinajstić information content (AvgIpc) is 2.26. The van der Waals surface area contributed by atoms with Gasteiger partial charge in [0.05, 0.1) is 12.7 Å². The molecule has 0 heterocycles. The molecule has 3 heteroatoms. The van der Waals surface area contributed by atoms with E-state index in [0.29, 0.717) is 22.8 Å². The van der Waals surface area contributed by atoms with Gasteiger partial charge in [-0.05, 0) is 38.0 Å². The van der Waals surface area contributed by atoms with Crippen LogP contribution in [-0.2, 0) is 5.60 Å². The van der Waals surface area contributed by atoms with E-state index in [1.807, 2.05) is 0 Å². The zero-order valence-corrected chi connectivity index (χ0v) is 10.4. The second-order valence-electron chi connectivity index (χ2n) is 3.95. The molecular weight excluding hydrogens is 224 g/mol. The third-order valence-corrected chi connectivity index (χ3v) is 2.81. The van der Waals surface area contributed by atoms with Crippen LogP contribution in [0.3, 0.4) is 0 Å². The highest BCUT2D eigenvalue weighted by molar-refractivity contribution is 6.30. The lowest BCUT2D eigenvalue weighted by molar-refractivity contribution is 0.0463. The second-order valence-corrected chi connectivity index (χ2v) is 4.38. The van der Waals surface area contributed by atoms with E-state index in [-0.39, 0.29) is 0 Å². The number of allylic oxidation sites excluding steroid dienone is 1. The smallest absolute Gasteiger partial charge is 0.125 e. The van der Waals surface area contributed by atoms with E-state index in [1.165, 1.54) is 0 Å². The minimum absolute atomic E-state index is 0.590. The van der Waals surface area contributed by atoms with Crippen molar-refractivity contribution in [2.24, 2.45) is 0 Å². The fraction of sp³-hybridized carbons (Fsp3) is 0.385. The number of halogens is 1. The number of rotatable bonds is 5. The number of methoxy groups -OCH3 is 1. The zero-order valence-electron chi connectivity index (χ0n) is 9.66. The van der Waals surface area contributed by atoms with Gasteiger partial charge in [0.2, 0.25) is 0 Å². The van der Waals surface area contributed by atoms with E-state index < -0.39 is 5.60 Å². The van der Waals surface area contributed by atoms with Crippen molar-refractivity contribution in [2.75, 3.05) is 7.11 Å². The molecule has 1 rings (SSSR count). The quantitative estimate of drug-likeness (QED) is 0.798. The molecule has 2 nitrogen and oxygen atoms in total. The molecule has 0 spiro atoms. The Morgan fingerprint density at radius 2 is 2.25 bits per heavy atom. The summed E-state index contributed by atoms with van der Waals surface area (Å²) in [6.07, 6.45) is 3.11. The lowest BCUT2D eigenvalue weighted by Crippen LogP contribution is -2.21. The summed E-state index contributed by atoms with van der Waals surface area (Å²) in [5.74, 6) is 0.651. The summed E-state index contributed by atoms with van der Waals surface area (Å²) in [6.45, 7) is 5.40. The van der Waals surface area contributed by atoms with Crippen LogP contribution < -0.4 is 4.74 Å². The van der Waals surface area contributed by atoms with Crippen LogP contribution in [0.25, 0.3) is 0 Å². The second kappa shape index (κ2) is 5.37. The average molecular weight is 241 g/mol. The van der Waals surface area contributed by atoms with Crippen molar-refractivity contribution < 1.29 is 9.84 Å². The first-order valence-corrected chi connectivity index (χ1v) is 5.56. The topological polar surface area (TPSA) is 29.5 Å². The Balaban J connectivity index is 3.08. The summed E-state index contributed by atoms with van der Waals surface area (Å²) in [5.41, 5.74) is -0.242. The van der Waals surface area contributed by atoms with Crippen molar-refractivity contribution >= 4 is 11.6 Å². The molecule has 1 aromatic carbocycles. The van der Waals surface area contributed by atoms with E-state index in [2.05, 4.69) is 6.58 Å². The molecule has 0 radical (unpaired) electrons. The van der Waals surface area contributed by atoms with Gasteiger partial charge in [0.25, 0.3) is 0 Å². The van der Waals surface area contributed by atoms with Gasteiger partial charge in [0.1, 0.15) is 5.75 Å². The Morgan fingerprint density at radius 1 is 1.56 bits per heavy atom. The van der Waals surface area contributed by atoms with Crippen molar-refractivity contribution in [1.82, 2.24) is 0 Å². The zero-order chi connectivity index (χ0) is 12.2. The van der Waals surface area contributed by atoms with Crippen molar-refractivity contribution in [1.29, 1.82) is 0 Å². The first-order valence-electron chi connectivity index (χ1n) is 5.18. The number of benzene rings is 1. The fourth-order valence-electron chi connectivity index (χ4n) is 1.62. The number of hydrogen-bond donors (Lipinski definition) is 1. The molecule has 1 unspecified atom stereocenters. The van der Waals surface area contributed by atoms with Crippen molar-refractivity contribution in [3.63, 3.8) is 0 Å². The Morgan fingerprint density at radius 3 is 2.81 bits per heavy atom. The highest BCUT2D eigenvalue weighted by Gasteiger charge is 2.26. The van der Waals surface area contributed by atoms with Crippen molar-refractivity contribution in [3.05, 3.63) is 41.4 Å². The molecule has 0 aromatic heterocycles. The van der Waals surface area contributed by atoms with Crippen LogP contribution in [0, 0.1) is 0 Å². The number of aliphatic hydroxyl groups is 1. The van der Waals surface area contributed by atoms with Crippen LogP contribution in [0.4, 0.5) is 0 Å². The van der Waals surface area contributed by atoms with Crippen LogP contribution in [0.5, 0.6) is 5.75 Å². The molecular formula is C13H17ClO2. The molecule has 0 fully saturated rings. The molecule has 1 N–H and O–H groups in total. The third kappa shape index (κ3) is 3.00. The maximum atomic E-state index is 10.4. The van der Waals surface area contributed by atoms with Gasteiger partial charge in [0, 0.05) is 10.6 Å². The third-order valence-electron chi connectivity index (χ3n) is 2.58. The summed E-state index contributed by atoms with van der Waals surface area (Å²) in [4.78, 5) is 0. The normalized spacial score (nSPS) is 14.2. The largest absolute Gasteiger partial charge is 0.496 e. The Labute approximate surface area is 102 Å². The maximum Gasteiger partial charge on any atom is 0.125 e. The van der Waals surface area contributed by atoms with Crippen LogP contribution in [0.15, 0.2) is 30.9 Å². The van der Waals surface area contributed by atoms with Crippen LogP contribution in [0.2, 0.25) is 5.02 Å². The first-order chi connectivity index (χ1) is 7.51. The minimum Gasteiger partial charge on any atom is -0.496 e. The molecule has 0 saturated carbocycles. The minimum atomic E-state index is -0.954. The highest BCUT2D eigenvalue weighted by Crippen LogP contribution is 2.35. The van der Waals surface area contributed by atoms with Crippen LogP contribution >= 0.6 is 11.6 Å². The van der Waals surface area contributed by atoms with Gasteiger partial charge >= 0.3 is 0 Å². The molecule has 0 aliphatic rings. The monoisotopic (exact) mass is 240 g/mol. The summed E-state index contributed by atoms with van der Waals surface area (Å²) < 4.78 is 5.22. The van der Waals surface area contributed by atoms with Crippen LogP contribution in [0.1, 0.15) is 25.3 Å². The number of ether oxygens (including phenoxy) is 1. The van der Waals surface area contributed by atoms with E-state index in [0.717, 1.165) is 6.42 Å². The Bertz CT molecular complexity index is 372. The Hall–Kier alpha value is -0.990. The molecule has 0 saturated heterocycles. The van der Waals surface area contributed by atoms with E-state index in [9.17, 15) is 5.11 Å². The molecule has 0 aliphatic carbocycles. The van der Waals surface area contributed by atoms with Gasteiger partial charge in [-0.1, -0.05) is 17.7 Å². The standard InChI is InChI=1S/C13H17ClO2/c1-4-5-8-13(2,15)11-9-10(14)6-7-12(11)16-3/h4,6-7,9,15H,1,5,8H2,2-3H3. The molecule has 16 heavy (non-hydrogen) atoms. The molecule has 1 atom stereocenters. The molecule has 88 valence electrons. The van der Waals surface area contributed by atoms with E-state index in [1.54, 1.807) is 38.3 Å². The van der Waals surface area contributed by atoms with Gasteiger partial charge in [-0.3, -0.25) is 0 Å². The van der Waals surface area contributed by atoms with Gasteiger partial charge in [0.15, 0.2) is 0 Å². The van der Waals surface area contributed by atoms with Crippen molar-refractivity contribution in [3.8, 4) is 5.75 Å². The fourth-order valence-corrected chi connectivity index (χ4v) is 1.79. The van der Waals surface area contributed by atoms with E-state index in [4.69, 9.17) is 16.3 Å². The summed E-state index contributed by atoms with van der Waals surface area (Å²) in [7, 11) is 1.58. The molecule has 0 bridgehead atoms. The number of hydrogen-bond acceptors (Lipinski definition) is 2.